The molecule has 2 bridgehead atoms. The Morgan fingerprint density at radius 3 is 2.12 bits per heavy atom. The zero-order valence-corrected chi connectivity index (χ0v) is 9.89. The van der Waals surface area contributed by atoms with Crippen molar-refractivity contribution in [2.75, 3.05) is 19.8 Å². The monoisotopic (exact) mass is 254 g/mol. The predicted octanol–water partition coefficient (Wildman–Crippen LogP) is 2.04. The van der Waals surface area contributed by atoms with Crippen molar-refractivity contribution in [1.29, 1.82) is 0 Å². The first-order valence-corrected chi connectivity index (χ1v) is 6.73. The SMILES string of the molecule is O=C(c1ccccc1)C12COP(=O)(OC1)OC2. The molecule has 17 heavy (non-hydrogen) atoms. The molecular formula is C11H11O5P. The molecule has 1 aromatic carbocycles. The maximum absolute atomic E-state index is 12.4. The molecule has 0 amide bonds. The predicted molar refractivity (Wildman–Crippen MR) is 58.7 cm³/mol. The zero-order chi connectivity index (χ0) is 11.9. The highest BCUT2D eigenvalue weighted by atomic mass is 31.2. The lowest BCUT2D eigenvalue weighted by atomic mass is 9.82. The minimum absolute atomic E-state index is 0.0935. The number of hydrogen-bond acceptors (Lipinski definition) is 5. The van der Waals surface area contributed by atoms with Gasteiger partial charge in [0, 0.05) is 5.56 Å². The van der Waals surface area contributed by atoms with Gasteiger partial charge in [-0.1, -0.05) is 30.3 Å². The summed E-state index contributed by atoms with van der Waals surface area (Å²) in [7, 11) is -3.35. The number of ketones is 1. The number of phosphoric acid groups is 1. The molecule has 3 aliphatic rings. The number of carbonyl (C=O) groups excluding carboxylic acids is 1. The van der Waals surface area contributed by atoms with Crippen molar-refractivity contribution in [2.45, 2.75) is 0 Å². The van der Waals surface area contributed by atoms with E-state index in [4.69, 9.17) is 13.6 Å². The van der Waals surface area contributed by atoms with Crippen LogP contribution in [0.4, 0.5) is 0 Å². The number of carbonyl (C=O) groups is 1. The third-order valence-corrected chi connectivity index (χ3v) is 4.35. The van der Waals surface area contributed by atoms with Crippen LogP contribution < -0.4 is 0 Å². The van der Waals surface area contributed by atoms with Crippen LogP contribution >= 0.6 is 7.82 Å². The van der Waals surface area contributed by atoms with E-state index >= 15 is 0 Å². The molecule has 0 unspecified atom stereocenters. The summed E-state index contributed by atoms with van der Waals surface area (Å²) in [6.07, 6.45) is 0. The molecule has 3 saturated heterocycles. The van der Waals surface area contributed by atoms with Gasteiger partial charge in [-0.05, 0) is 0 Å². The van der Waals surface area contributed by atoms with Gasteiger partial charge in [-0.15, -0.1) is 0 Å². The molecule has 4 rings (SSSR count). The molecule has 0 saturated carbocycles. The minimum Gasteiger partial charge on any atom is -0.293 e. The van der Waals surface area contributed by atoms with E-state index < -0.39 is 13.2 Å². The Balaban J connectivity index is 1.90. The zero-order valence-electron chi connectivity index (χ0n) is 9.00. The van der Waals surface area contributed by atoms with E-state index in [0.717, 1.165) is 0 Å². The van der Waals surface area contributed by atoms with Crippen LogP contribution in [0.5, 0.6) is 0 Å². The van der Waals surface area contributed by atoms with E-state index in [1.54, 1.807) is 24.3 Å². The summed E-state index contributed by atoms with van der Waals surface area (Å²) < 4.78 is 26.6. The highest BCUT2D eigenvalue weighted by molar-refractivity contribution is 7.48. The van der Waals surface area contributed by atoms with Gasteiger partial charge in [0.15, 0.2) is 5.78 Å². The van der Waals surface area contributed by atoms with Crippen LogP contribution in [0.2, 0.25) is 0 Å². The molecule has 3 fully saturated rings. The van der Waals surface area contributed by atoms with E-state index in [1.807, 2.05) is 6.07 Å². The van der Waals surface area contributed by atoms with Crippen LogP contribution in [0.1, 0.15) is 10.4 Å². The summed E-state index contributed by atoms with van der Waals surface area (Å²) in [5, 5.41) is 0. The number of rotatable bonds is 2. The van der Waals surface area contributed by atoms with Gasteiger partial charge in [0.1, 0.15) is 5.41 Å². The fourth-order valence-corrected chi connectivity index (χ4v) is 3.38. The molecule has 3 aliphatic heterocycles. The van der Waals surface area contributed by atoms with Gasteiger partial charge in [-0.3, -0.25) is 18.4 Å². The molecule has 90 valence electrons. The van der Waals surface area contributed by atoms with Crippen molar-refractivity contribution in [2.24, 2.45) is 5.41 Å². The van der Waals surface area contributed by atoms with Crippen molar-refractivity contribution < 1.29 is 22.9 Å². The highest BCUT2D eigenvalue weighted by Crippen LogP contribution is 2.60. The maximum atomic E-state index is 12.4. The Labute approximate surface area is 98.3 Å². The summed E-state index contributed by atoms with van der Waals surface area (Å²) in [6.45, 7) is 0.286. The largest absolute Gasteiger partial charge is 0.474 e. The van der Waals surface area contributed by atoms with Gasteiger partial charge in [-0.25, -0.2) is 4.57 Å². The Hall–Kier alpha value is -1.00. The van der Waals surface area contributed by atoms with Crippen molar-refractivity contribution in [3.63, 3.8) is 0 Å². The van der Waals surface area contributed by atoms with E-state index in [2.05, 4.69) is 0 Å². The van der Waals surface area contributed by atoms with Crippen LogP contribution in [0.25, 0.3) is 0 Å². The van der Waals surface area contributed by atoms with Crippen LogP contribution in [0.3, 0.4) is 0 Å². The lowest BCUT2D eigenvalue weighted by Crippen LogP contribution is -2.50. The molecule has 0 N–H and O–H groups in total. The fourth-order valence-electron chi connectivity index (χ4n) is 1.94. The van der Waals surface area contributed by atoms with E-state index in [0.29, 0.717) is 5.56 Å². The van der Waals surface area contributed by atoms with Gasteiger partial charge in [-0.2, -0.15) is 0 Å². The van der Waals surface area contributed by atoms with Crippen LogP contribution in [0, 0.1) is 5.41 Å². The Kier molecular flexibility index (Phi) is 2.45. The number of benzene rings is 1. The van der Waals surface area contributed by atoms with Crippen LogP contribution in [-0.4, -0.2) is 25.6 Å². The number of hydrogen-bond donors (Lipinski definition) is 0. The average Bonchev–Trinajstić information content (AvgIpc) is 2.40. The van der Waals surface area contributed by atoms with Gasteiger partial charge in [0.2, 0.25) is 0 Å². The van der Waals surface area contributed by atoms with Crippen LogP contribution in [0.15, 0.2) is 30.3 Å². The number of phosphoric ester groups is 1. The lowest BCUT2D eigenvalue weighted by molar-refractivity contribution is -0.0737. The third kappa shape index (κ3) is 1.76. The second-order valence-corrected chi connectivity index (χ2v) is 5.91. The van der Waals surface area contributed by atoms with Gasteiger partial charge in [0.25, 0.3) is 0 Å². The van der Waals surface area contributed by atoms with Crippen molar-refractivity contribution >= 4 is 13.6 Å². The van der Waals surface area contributed by atoms with E-state index in [9.17, 15) is 9.36 Å². The molecule has 0 aromatic heterocycles. The summed E-state index contributed by atoms with van der Waals surface area (Å²) in [6, 6.07) is 8.90. The average molecular weight is 254 g/mol. The summed E-state index contributed by atoms with van der Waals surface area (Å²) in [5.41, 5.74) is -0.269. The molecule has 0 atom stereocenters. The Bertz CT molecular complexity index is 467. The fraction of sp³-hybridized carbons (Fsp3) is 0.364. The topological polar surface area (TPSA) is 61.8 Å². The Morgan fingerprint density at radius 2 is 1.59 bits per heavy atom. The first kappa shape index (κ1) is 11.1. The number of Topliss-reactive ketones (excluding diaryl/α,β-unsaturated/α-hetero) is 1. The molecule has 6 heteroatoms. The molecule has 1 aromatic rings. The molecule has 3 heterocycles. The maximum Gasteiger partial charge on any atom is 0.474 e. The third-order valence-electron chi connectivity index (χ3n) is 3.01. The second kappa shape index (κ2) is 3.75. The standard InChI is InChI=1S/C11H11O5P/c12-10(9-4-2-1-3-5-9)11-6-14-17(13,15-7-11)16-8-11/h1-5H,6-8H2. The van der Waals surface area contributed by atoms with Gasteiger partial charge < -0.3 is 0 Å². The summed E-state index contributed by atoms with van der Waals surface area (Å²) in [4.78, 5) is 12.4. The molecule has 5 nitrogen and oxygen atoms in total. The first-order valence-electron chi connectivity index (χ1n) is 5.27. The normalized spacial score (nSPS) is 35.8. The highest BCUT2D eigenvalue weighted by Gasteiger charge is 2.54. The summed E-state index contributed by atoms with van der Waals surface area (Å²) in [5.74, 6) is -0.0935. The van der Waals surface area contributed by atoms with Crippen LogP contribution in [-0.2, 0) is 18.1 Å². The summed E-state index contributed by atoms with van der Waals surface area (Å²) >= 11 is 0. The Morgan fingerprint density at radius 1 is 1.06 bits per heavy atom. The molecule has 0 radical (unpaired) electrons. The molecule has 0 aliphatic carbocycles. The smallest absolute Gasteiger partial charge is 0.293 e. The molecular weight excluding hydrogens is 243 g/mol. The minimum atomic E-state index is -3.35. The van der Waals surface area contributed by atoms with Crippen molar-refractivity contribution in [1.82, 2.24) is 0 Å². The van der Waals surface area contributed by atoms with E-state index in [-0.39, 0.29) is 25.6 Å². The van der Waals surface area contributed by atoms with E-state index in [1.165, 1.54) is 0 Å². The van der Waals surface area contributed by atoms with Crippen molar-refractivity contribution in [3.8, 4) is 0 Å². The first-order chi connectivity index (χ1) is 8.14. The quantitative estimate of drug-likeness (QED) is 0.597. The lowest BCUT2D eigenvalue weighted by Gasteiger charge is -2.42. The van der Waals surface area contributed by atoms with Gasteiger partial charge >= 0.3 is 7.82 Å². The second-order valence-electron chi connectivity index (χ2n) is 4.24. The van der Waals surface area contributed by atoms with Gasteiger partial charge in [0.05, 0.1) is 19.8 Å². The number of fused-ring (bicyclic) bond motifs is 3. The molecule has 0 spiro atoms. The van der Waals surface area contributed by atoms with Crippen molar-refractivity contribution in [3.05, 3.63) is 35.9 Å².